The smallest absolute Gasteiger partial charge is 0.206 e. The lowest BCUT2D eigenvalue weighted by Gasteiger charge is -2.30. The third-order valence-electron chi connectivity index (χ3n) is 3.45. The number of anilines is 1. The van der Waals surface area contributed by atoms with E-state index >= 15 is 0 Å². The summed E-state index contributed by atoms with van der Waals surface area (Å²) in [5, 5.41) is 3.38. The molecule has 3 rings (SSSR count). The van der Waals surface area contributed by atoms with E-state index in [0.717, 1.165) is 37.3 Å². The molecular weight excluding hydrogens is 268 g/mol. The van der Waals surface area contributed by atoms with Crippen LogP contribution in [-0.2, 0) is 13.0 Å². The Bertz CT molecular complexity index is 382. The average Bonchev–Trinajstić information content (AvgIpc) is 2.69. The van der Waals surface area contributed by atoms with Crippen LogP contribution >= 0.6 is 15.9 Å². The molecule has 0 spiro atoms. The van der Waals surface area contributed by atoms with E-state index in [2.05, 4.69) is 30.7 Å². The van der Waals surface area contributed by atoms with Crippen LogP contribution in [0.5, 0.6) is 0 Å². The monoisotopic (exact) mass is 284 g/mol. The zero-order chi connectivity index (χ0) is 11.0. The topological polar surface area (TPSA) is 33.1 Å². The Hall–Kier alpha value is -0.550. The number of fused-ring (bicyclic) bond motifs is 1. The van der Waals surface area contributed by atoms with Crippen molar-refractivity contribution in [2.75, 3.05) is 31.1 Å². The summed E-state index contributed by atoms with van der Waals surface area (Å²) < 4.78 is 3.46. The summed E-state index contributed by atoms with van der Waals surface area (Å²) in [6, 6.07) is 0. The van der Waals surface area contributed by atoms with Crippen LogP contribution in [0.3, 0.4) is 0 Å². The maximum absolute atomic E-state index is 4.69. The molecule has 1 aromatic heterocycles. The Balaban J connectivity index is 1.93. The minimum absolute atomic E-state index is 1.06. The number of nitrogens with zero attached hydrogens (tertiary/aromatic N) is 3. The van der Waals surface area contributed by atoms with Gasteiger partial charge in [-0.2, -0.15) is 0 Å². The second-order valence-electron chi connectivity index (χ2n) is 4.50. The second-order valence-corrected chi connectivity index (χ2v) is 5.25. The van der Waals surface area contributed by atoms with Gasteiger partial charge in [0.15, 0.2) is 0 Å². The molecule has 5 heteroatoms. The summed E-state index contributed by atoms with van der Waals surface area (Å²) in [5.41, 5.74) is 1.39. The van der Waals surface area contributed by atoms with Gasteiger partial charge < -0.3 is 14.8 Å². The van der Waals surface area contributed by atoms with Crippen LogP contribution in [0, 0.1) is 0 Å². The molecule has 0 atom stereocenters. The molecule has 88 valence electrons. The summed E-state index contributed by atoms with van der Waals surface area (Å²) in [5.74, 6) is 1.17. The van der Waals surface area contributed by atoms with E-state index < -0.39 is 0 Å². The molecule has 3 heterocycles. The van der Waals surface area contributed by atoms with E-state index in [4.69, 9.17) is 4.98 Å². The lowest BCUT2D eigenvalue weighted by Crippen LogP contribution is -2.44. The summed E-state index contributed by atoms with van der Waals surface area (Å²) in [4.78, 5) is 7.09. The quantitative estimate of drug-likeness (QED) is 0.846. The predicted molar refractivity (Wildman–Crippen MR) is 67.9 cm³/mol. The van der Waals surface area contributed by atoms with Crippen LogP contribution in [0.1, 0.15) is 18.5 Å². The van der Waals surface area contributed by atoms with Crippen molar-refractivity contribution in [1.82, 2.24) is 14.9 Å². The van der Waals surface area contributed by atoms with E-state index in [9.17, 15) is 0 Å². The Kier molecular flexibility index (Phi) is 2.90. The standard InChI is InChI=1S/C11H17BrN4/c12-10-9-3-1-2-6-16(9)11(14-10)15-7-4-13-5-8-15/h13H,1-8H2. The predicted octanol–water partition coefficient (Wildman–Crippen LogP) is 1.39. The van der Waals surface area contributed by atoms with Gasteiger partial charge in [0.1, 0.15) is 4.60 Å². The number of rotatable bonds is 1. The molecular formula is C11H17BrN4. The summed E-state index contributed by atoms with van der Waals surface area (Å²) in [6.45, 7) is 5.42. The molecule has 1 aromatic rings. The zero-order valence-electron chi connectivity index (χ0n) is 9.38. The minimum atomic E-state index is 1.06. The lowest BCUT2D eigenvalue weighted by atomic mass is 10.1. The molecule has 0 aromatic carbocycles. The third kappa shape index (κ3) is 1.76. The third-order valence-corrected chi connectivity index (χ3v) is 4.08. The number of nitrogens with one attached hydrogen (secondary N) is 1. The van der Waals surface area contributed by atoms with Crippen molar-refractivity contribution < 1.29 is 0 Å². The molecule has 1 N–H and O–H groups in total. The van der Waals surface area contributed by atoms with Gasteiger partial charge in [-0.3, -0.25) is 0 Å². The largest absolute Gasteiger partial charge is 0.340 e. The Labute approximate surface area is 104 Å². The summed E-state index contributed by atoms with van der Waals surface area (Å²) in [6.07, 6.45) is 3.75. The van der Waals surface area contributed by atoms with Gasteiger partial charge in [0, 0.05) is 32.7 Å². The fourth-order valence-corrected chi connectivity index (χ4v) is 3.16. The van der Waals surface area contributed by atoms with E-state index in [1.54, 1.807) is 0 Å². The van der Waals surface area contributed by atoms with E-state index in [0.29, 0.717) is 0 Å². The first-order valence-corrected chi connectivity index (χ1v) is 6.86. The van der Waals surface area contributed by atoms with Crippen molar-refractivity contribution in [3.8, 4) is 0 Å². The molecule has 2 aliphatic rings. The zero-order valence-corrected chi connectivity index (χ0v) is 11.0. The van der Waals surface area contributed by atoms with Crippen molar-refractivity contribution in [3.63, 3.8) is 0 Å². The molecule has 0 aliphatic carbocycles. The normalized spacial score (nSPS) is 20.9. The fourth-order valence-electron chi connectivity index (χ4n) is 2.59. The highest BCUT2D eigenvalue weighted by Gasteiger charge is 2.23. The first kappa shape index (κ1) is 10.6. The number of piperazine rings is 1. The first-order chi connectivity index (χ1) is 7.86. The molecule has 0 unspecified atom stereocenters. The average molecular weight is 285 g/mol. The van der Waals surface area contributed by atoms with Gasteiger partial charge in [-0.25, -0.2) is 4.98 Å². The van der Waals surface area contributed by atoms with Crippen molar-refractivity contribution >= 4 is 21.9 Å². The Morgan fingerprint density at radius 3 is 2.75 bits per heavy atom. The van der Waals surface area contributed by atoms with Gasteiger partial charge in [0.25, 0.3) is 0 Å². The Morgan fingerprint density at radius 2 is 1.94 bits per heavy atom. The van der Waals surface area contributed by atoms with Gasteiger partial charge in [0.2, 0.25) is 5.95 Å². The molecule has 4 nitrogen and oxygen atoms in total. The van der Waals surface area contributed by atoms with Crippen LogP contribution < -0.4 is 10.2 Å². The molecule has 0 amide bonds. The van der Waals surface area contributed by atoms with Gasteiger partial charge in [-0.15, -0.1) is 0 Å². The fraction of sp³-hybridized carbons (Fsp3) is 0.727. The van der Waals surface area contributed by atoms with Crippen molar-refractivity contribution in [1.29, 1.82) is 0 Å². The second kappa shape index (κ2) is 4.37. The lowest BCUT2D eigenvalue weighted by molar-refractivity contribution is 0.511. The first-order valence-electron chi connectivity index (χ1n) is 6.07. The summed E-state index contributed by atoms with van der Waals surface area (Å²) in [7, 11) is 0. The SMILES string of the molecule is Brc1nc(N2CCNCC2)n2c1CCCC2. The number of imidazole rings is 1. The molecule has 1 saturated heterocycles. The number of hydrogen-bond acceptors (Lipinski definition) is 3. The van der Waals surface area contributed by atoms with E-state index in [1.807, 2.05) is 0 Å². The van der Waals surface area contributed by atoms with Crippen LogP contribution in [-0.4, -0.2) is 35.7 Å². The van der Waals surface area contributed by atoms with Gasteiger partial charge >= 0.3 is 0 Å². The molecule has 16 heavy (non-hydrogen) atoms. The molecule has 0 bridgehead atoms. The highest BCUT2D eigenvalue weighted by Crippen LogP contribution is 2.29. The molecule has 1 fully saturated rings. The van der Waals surface area contributed by atoms with Crippen LogP contribution in [0.15, 0.2) is 4.60 Å². The maximum atomic E-state index is 4.69. The van der Waals surface area contributed by atoms with Gasteiger partial charge in [0.05, 0.1) is 5.69 Å². The van der Waals surface area contributed by atoms with Gasteiger partial charge in [-0.1, -0.05) is 0 Å². The van der Waals surface area contributed by atoms with Crippen molar-refractivity contribution in [2.45, 2.75) is 25.8 Å². The van der Waals surface area contributed by atoms with E-state index in [-0.39, 0.29) is 0 Å². The van der Waals surface area contributed by atoms with Gasteiger partial charge in [-0.05, 0) is 35.2 Å². The van der Waals surface area contributed by atoms with E-state index in [1.165, 1.54) is 30.9 Å². The molecule has 0 radical (unpaired) electrons. The molecule has 0 saturated carbocycles. The highest BCUT2D eigenvalue weighted by atomic mass is 79.9. The highest BCUT2D eigenvalue weighted by molar-refractivity contribution is 9.10. The van der Waals surface area contributed by atoms with Crippen LogP contribution in [0.2, 0.25) is 0 Å². The minimum Gasteiger partial charge on any atom is -0.340 e. The number of aromatic nitrogens is 2. The summed E-state index contributed by atoms with van der Waals surface area (Å²) >= 11 is 3.60. The Morgan fingerprint density at radius 1 is 1.12 bits per heavy atom. The number of hydrogen-bond donors (Lipinski definition) is 1. The van der Waals surface area contributed by atoms with Crippen LogP contribution in [0.4, 0.5) is 5.95 Å². The van der Waals surface area contributed by atoms with Crippen molar-refractivity contribution in [3.05, 3.63) is 10.3 Å². The molecule has 2 aliphatic heterocycles. The van der Waals surface area contributed by atoms with Crippen molar-refractivity contribution in [2.24, 2.45) is 0 Å². The number of halogens is 1. The maximum Gasteiger partial charge on any atom is 0.206 e. The van der Waals surface area contributed by atoms with Crippen LogP contribution in [0.25, 0.3) is 0 Å².